The number of nitrogens with one attached hydrogen (secondary N) is 1. The van der Waals surface area contributed by atoms with Crippen LogP contribution in [-0.2, 0) is 0 Å². The third-order valence-corrected chi connectivity index (χ3v) is 3.66. The summed E-state index contributed by atoms with van der Waals surface area (Å²) in [5.74, 6) is 0.807. The molecule has 0 radical (unpaired) electrons. The fourth-order valence-electron chi connectivity index (χ4n) is 2.45. The molecule has 1 aliphatic rings. The molecule has 1 aromatic heterocycles. The zero-order chi connectivity index (χ0) is 12.1. The minimum atomic E-state index is 0.354. The first-order valence-corrected chi connectivity index (χ1v) is 6.66. The third-order valence-electron chi connectivity index (χ3n) is 3.66. The van der Waals surface area contributed by atoms with Crippen molar-refractivity contribution in [3.8, 4) is 0 Å². The molecule has 0 amide bonds. The molecule has 2 atom stereocenters. The van der Waals surface area contributed by atoms with Gasteiger partial charge in [-0.15, -0.1) is 0 Å². The van der Waals surface area contributed by atoms with Crippen LogP contribution in [0.2, 0.25) is 0 Å². The summed E-state index contributed by atoms with van der Waals surface area (Å²) < 4.78 is 0. The molecule has 1 fully saturated rings. The normalized spacial score (nSPS) is 22.8. The molecule has 0 aromatic carbocycles. The second-order valence-electron chi connectivity index (χ2n) is 4.93. The molecule has 2 heterocycles. The molecule has 0 spiro atoms. The summed E-state index contributed by atoms with van der Waals surface area (Å²) in [5, 5.41) is 3.60. The van der Waals surface area contributed by atoms with E-state index in [1.807, 2.05) is 12.3 Å². The monoisotopic (exact) mass is 233 g/mol. The van der Waals surface area contributed by atoms with Gasteiger partial charge in [-0.3, -0.25) is 4.98 Å². The van der Waals surface area contributed by atoms with Crippen LogP contribution >= 0.6 is 0 Å². The van der Waals surface area contributed by atoms with Gasteiger partial charge in [0.2, 0.25) is 0 Å². The van der Waals surface area contributed by atoms with Crippen LogP contribution in [0.25, 0.3) is 0 Å². The molecule has 0 aliphatic carbocycles. The van der Waals surface area contributed by atoms with Crippen LogP contribution in [0.15, 0.2) is 24.4 Å². The third kappa shape index (κ3) is 3.51. The minimum Gasteiger partial charge on any atom is -0.309 e. The lowest BCUT2D eigenvalue weighted by Gasteiger charge is -2.17. The van der Waals surface area contributed by atoms with E-state index in [1.54, 1.807) is 0 Å². The summed E-state index contributed by atoms with van der Waals surface area (Å²) in [6, 6.07) is 6.46. The highest BCUT2D eigenvalue weighted by Gasteiger charge is 2.21. The Morgan fingerprint density at radius 3 is 3.06 bits per heavy atom. The zero-order valence-corrected chi connectivity index (χ0v) is 10.9. The molecule has 1 aliphatic heterocycles. The summed E-state index contributed by atoms with van der Waals surface area (Å²) in [4.78, 5) is 6.91. The first-order chi connectivity index (χ1) is 8.29. The Bertz CT molecular complexity index is 325. The molecule has 1 saturated heterocycles. The average molecular weight is 233 g/mol. The van der Waals surface area contributed by atoms with Crippen molar-refractivity contribution in [2.75, 3.05) is 26.2 Å². The van der Waals surface area contributed by atoms with Gasteiger partial charge < -0.3 is 10.2 Å². The van der Waals surface area contributed by atoms with Crippen molar-refractivity contribution < 1.29 is 0 Å². The van der Waals surface area contributed by atoms with Gasteiger partial charge in [-0.25, -0.2) is 0 Å². The number of likely N-dealkylation sites (tertiary alicyclic amines) is 1. The molecule has 94 valence electrons. The van der Waals surface area contributed by atoms with Gasteiger partial charge in [0.15, 0.2) is 0 Å². The van der Waals surface area contributed by atoms with Crippen molar-refractivity contribution in [3.63, 3.8) is 0 Å². The summed E-state index contributed by atoms with van der Waals surface area (Å²) in [6.07, 6.45) is 3.19. The first-order valence-electron chi connectivity index (χ1n) is 6.66. The molecule has 3 heteroatoms. The molecule has 0 bridgehead atoms. The van der Waals surface area contributed by atoms with E-state index in [1.165, 1.54) is 26.1 Å². The van der Waals surface area contributed by atoms with Crippen molar-refractivity contribution in [1.82, 2.24) is 15.2 Å². The maximum absolute atomic E-state index is 4.38. The van der Waals surface area contributed by atoms with Crippen molar-refractivity contribution in [2.24, 2.45) is 5.92 Å². The van der Waals surface area contributed by atoms with Gasteiger partial charge in [-0.2, -0.15) is 0 Å². The highest BCUT2D eigenvalue weighted by Crippen LogP contribution is 2.16. The smallest absolute Gasteiger partial charge is 0.0570 e. The molecule has 2 rings (SSSR count). The first kappa shape index (κ1) is 12.5. The van der Waals surface area contributed by atoms with E-state index in [4.69, 9.17) is 0 Å². The average Bonchev–Trinajstić information content (AvgIpc) is 2.85. The van der Waals surface area contributed by atoms with Gasteiger partial charge in [-0.1, -0.05) is 13.0 Å². The minimum absolute atomic E-state index is 0.354. The lowest BCUT2D eigenvalue weighted by atomic mass is 10.1. The Morgan fingerprint density at radius 1 is 1.53 bits per heavy atom. The molecule has 0 saturated carbocycles. The highest BCUT2D eigenvalue weighted by atomic mass is 15.1. The quantitative estimate of drug-likeness (QED) is 0.844. The predicted octanol–water partition coefficient (Wildman–Crippen LogP) is 2.07. The van der Waals surface area contributed by atoms with Gasteiger partial charge in [0, 0.05) is 18.8 Å². The predicted molar refractivity (Wildman–Crippen MR) is 70.9 cm³/mol. The Morgan fingerprint density at radius 2 is 2.41 bits per heavy atom. The van der Waals surface area contributed by atoms with Gasteiger partial charge in [0.25, 0.3) is 0 Å². The van der Waals surface area contributed by atoms with Gasteiger partial charge in [0.05, 0.1) is 5.69 Å². The number of pyridine rings is 1. The SMILES string of the molecule is CCN1CC[C@@H](CN[C@H](C)c2ccccn2)C1. The maximum atomic E-state index is 4.38. The van der Waals surface area contributed by atoms with Crippen LogP contribution in [0.3, 0.4) is 0 Å². The number of nitrogens with zero attached hydrogens (tertiary/aromatic N) is 2. The summed E-state index contributed by atoms with van der Waals surface area (Å²) >= 11 is 0. The van der Waals surface area contributed by atoms with Crippen LogP contribution in [0.5, 0.6) is 0 Å². The van der Waals surface area contributed by atoms with Crippen molar-refractivity contribution in [2.45, 2.75) is 26.3 Å². The Labute approximate surface area is 104 Å². The van der Waals surface area contributed by atoms with Crippen molar-refractivity contribution in [1.29, 1.82) is 0 Å². The fourth-order valence-corrected chi connectivity index (χ4v) is 2.45. The van der Waals surface area contributed by atoms with Gasteiger partial charge >= 0.3 is 0 Å². The van der Waals surface area contributed by atoms with Gasteiger partial charge in [-0.05, 0) is 51.0 Å². The summed E-state index contributed by atoms with van der Waals surface area (Å²) in [7, 11) is 0. The number of hydrogen-bond donors (Lipinski definition) is 1. The molecule has 17 heavy (non-hydrogen) atoms. The number of aromatic nitrogens is 1. The van der Waals surface area contributed by atoms with Crippen LogP contribution < -0.4 is 5.32 Å². The Hall–Kier alpha value is -0.930. The topological polar surface area (TPSA) is 28.2 Å². The van der Waals surface area contributed by atoms with E-state index in [-0.39, 0.29) is 0 Å². The summed E-state index contributed by atoms with van der Waals surface area (Å²) in [5.41, 5.74) is 1.14. The van der Waals surface area contributed by atoms with E-state index < -0.39 is 0 Å². The van der Waals surface area contributed by atoms with Crippen LogP contribution in [-0.4, -0.2) is 36.1 Å². The van der Waals surface area contributed by atoms with Crippen LogP contribution in [0.1, 0.15) is 32.0 Å². The summed E-state index contributed by atoms with van der Waals surface area (Å²) in [6.45, 7) is 9.24. The molecule has 1 aromatic rings. The van der Waals surface area contributed by atoms with E-state index in [0.717, 1.165) is 18.2 Å². The lowest BCUT2D eigenvalue weighted by Crippen LogP contribution is -2.28. The van der Waals surface area contributed by atoms with E-state index in [9.17, 15) is 0 Å². The number of rotatable bonds is 5. The lowest BCUT2D eigenvalue weighted by molar-refractivity contribution is 0.336. The standard InChI is InChI=1S/C14H23N3/c1-3-17-9-7-13(11-17)10-16-12(2)14-6-4-5-8-15-14/h4-6,8,12-13,16H,3,7,9-11H2,1-2H3/t12-,13+/m1/s1. The Balaban J connectivity index is 1.75. The largest absolute Gasteiger partial charge is 0.309 e. The van der Waals surface area contributed by atoms with Crippen LogP contribution in [0.4, 0.5) is 0 Å². The molecular formula is C14H23N3. The zero-order valence-electron chi connectivity index (χ0n) is 10.9. The van der Waals surface area contributed by atoms with E-state index >= 15 is 0 Å². The number of hydrogen-bond acceptors (Lipinski definition) is 3. The molecule has 1 N–H and O–H groups in total. The molecule has 0 unspecified atom stereocenters. The van der Waals surface area contributed by atoms with Crippen molar-refractivity contribution >= 4 is 0 Å². The van der Waals surface area contributed by atoms with Crippen molar-refractivity contribution in [3.05, 3.63) is 30.1 Å². The maximum Gasteiger partial charge on any atom is 0.0570 e. The molecular weight excluding hydrogens is 210 g/mol. The van der Waals surface area contributed by atoms with Gasteiger partial charge in [0.1, 0.15) is 0 Å². The second-order valence-corrected chi connectivity index (χ2v) is 4.93. The van der Waals surface area contributed by atoms with E-state index in [0.29, 0.717) is 6.04 Å². The fraction of sp³-hybridized carbons (Fsp3) is 0.643. The van der Waals surface area contributed by atoms with E-state index in [2.05, 4.69) is 41.2 Å². The Kier molecular flexibility index (Phi) is 4.51. The van der Waals surface area contributed by atoms with Crippen LogP contribution in [0, 0.1) is 5.92 Å². The second kappa shape index (κ2) is 6.12. The highest BCUT2D eigenvalue weighted by molar-refractivity contribution is 5.07. The molecule has 3 nitrogen and oxygen atoms in total.